The summed E-state index contributed by atoms with van der Waals surface area (Å²) in [5, 5.41) is 2.77. The summed E-state index contributed by atoms with van der Waals surface area (Å²) in [6, 6.07) is 9.53. The second-order valence-corrected chi connectivity index (χ2v) is 8.57. The van der Waals surface area contributed by atoms with E-state index in [0.717, 1.165) is 42.5 Å². The molecule has 4 rings (SSSR count). The van der Waals surface area contributed by atoms with Crippen molar-refractivity contribution in [2.45, 2.75) is 57.4 Å². The van der Waals surface area contributed by atoms with Crippen molar-refractivity contribution in [1.29, 1.82) is 0 Å². The monoisotopic (exact) mass is 408 g/mol. The number of H-pyrrole nitrogens is 1. The molecule has 7 nitrogen and oxygen atoms in total. The molecule has 0 bridgehead atoms. The number of carbonyl (C=O) groups is 2. The summed E-state index contributed by atoms with van der Waals surface area (Å²) in [4.78, 5) is 46.3. The molecular weight excluding hydrogens is 380 g/mol. The average Bonchev–Trinajstić information content (AvgIpc) is 3.07. The van der Waals surface area contributed by atoms with Crippen molar-refractivity contribution in [3.05, 3.63) is 51.9 Å². The Labute approximate surface area is 175 Å². The van der Waals surface area contributed by atoms with Crippen molar-refractivity contribution in [2.24, 2.45) is 0 Å². The second-order valence-electron chi connectivity index (χ2n) is 8.57. The summed E-state index contributed by atoms with van der Waals surface area (Å²) in [7, 11) is 0. The van der Waals surface area contributed by atoms with Gasteiger partial charge in [-0.2, -0.15) is 0 Å². The molecule has 1 aliphatic heterocycles. The number of aromatic nitrogens is 2. The number of hydrogen-bond donors (Lipinski definition) is 2. The molecule has 1 aromatic heterocycles. The number of aromatic amines is 1. The number of rotatable bonds is 4. The molecule has 2 N–H and O–H groups in total. The molecule has 0 radical (unpaired) electrons. The highest BCUT2D eigenvalue weighted by Crippen LogP contribution is 2.44. The van der Waals surface area contributed by atoms with Gasteiger partial charge in [0.1, 0.15) is 5.82 Å². The molecule has 0 saturated carbocycles. The van der Waals surface area contributed by atoms with Crippen molar-refractivity contribution >= 4 is 11.8 Å². The first-order valence-electron chi connectivity index (χ1n) is 10.6. The zero-order valence-electron chi connectivity index (χ0n) is 17.5. The largest absolute Gasteiger partial charge is 0.353 e. The van der Waals surface area contributed by atoms with Crippen LogP contribution in [0, 0.1) is 0 Å². The number of amides is 2. The van der Waals surface area contributed by atoms with Gasteiger partial charge in [0.15, 0.2) is 0 Å². The molecule has 1 aromatic carbocycles. The topological polar surface area (TPSA) is 95.2 Å². The Morgan fingerprint density at radius 3 is 2.57 bits per heavy atom. The Morgan fingerprint density at radius 1 is 1.20 bits per heavy atom. The summed E-state index contributed by atoms with van der Waals surface area (Å²) in [5.74, 6) is 0.553. The van der Waals surface area contributed by atoms with Crippen LogP contribution in [-0.4, -0.2) is 45.8 Å². The van der Waals surface area contributed by atoms with Gasteiger partial charge >= 0.3 is 0 Å². The lowest BCUT2D eigenvalue weighted by Crippen LogP contribution is -2.46. The van der Waals surface area contributed by atoms with Crippen molar-refractivity contribution < 1.29 is 9.59 Å². The minimum Gasteiger partial charge on any atom is -0.353 e. The van der Waals surface area contributed by atoms with Gasteiger partial charge < -0.3 is 15.2 Å². The van der Waals surface area contributed by atoms with Gasteiger partial charge in [-0.05, 0) is 32.6 Å². The lowest BCUT2D eigenvalue weighted by molar-refractivity contribution is -0.133. The Balaban J connectivity index is 1.51. The predicted octanol–water partition coefficient (Wildman–Crippen LogP) is 2.16. The lowest BCUT2D eigenvalue weighted by Gasteiger charge is -2.39. The third kappa shape index (κ3) is 3.88. The molecule has 30 heavy (non-hydrogen) atoms. The summed E-state index contributed by atoms with van der Waals surface area (Å²) < 4.78 is 0. The Morgan fingerprint density at radius 2 is 1.90 bits per heavy atom. The molecule has 1 spiro atoms. The molecule has 2 aromatic rings. The molecular formula is C23H28N4O3. The number of fused-ring (bicyclic) bond motifs is 2. The molecule has 158 valence electrons. The lowest BCUT2D eigenvalue weighted by atomic mass is 9.76. The van der Waals surface area contributed by atoms with E-state index in [2.05, 4.69) is 10.3 Å². The number of piperidine rings is 1. The summed E-state index contributed by atoms with van der Waals surface area (Å²) in [5.41, 5.74) is 2.45. The van der Waals surface area contributed by atoms with E-state index in [-0.39, 0.29) is 28.8 Å². The fraction of sp³-hybridized carbons (Fsp3) is 0.478. The molecule has 1 fully saturated rings. The van der Waals surface area contributed by atoms with Crippen LogP contribution in [0.15, 0.2) is 35.1 Å². The predicted molar refractivity (Wildman–Crippen MR) is 114 cm³/mol. The van der Waals surface area contributed by atoms with Crippen molar-refractivity contribution in [2.75, 3.05) is 13.1 Å². The van der Waals surface area contributed by atoms with Crippen LogP contribution in [0.2, 0.25) is 0 Å². The van der Waals surface area contributed by atoms with Gasteiger partial charge in [0.05, 0.1) is 5.69 Å². The zero-order valence-corrected chi connectivity index (χ0v) is 17.5. The highest BCUT2D eigenvalue weighted by atomic mass is 16.2. The maximum absolute atomic E-state index is 12.7. The van der Waals surface area contributed by atoms with Crippen molar-refractivity contribution in [3.63, 3.8) is 0 Å². The zero-order chi connectivity index (χ0) is 21.3. The van der Waals surface area contributed by atoms with Gasteiger partial charge in [-0.25, -0.2) is 4.98 Å². The highest BCUT2D eigenvalue weighted by Gasteiger charge is 2.44. The highest BCUT2D eigenvalue weighted by molar-refractivity contribution is 5.79. The number of carbonyl (C=O) groups excluding carboxylic acids is 2. The first kappa shape index (κ1) is 20.3. The van der Waals surface area contributed by atoms with Crippen LogP contribution in [0.5, 0.6) is 0 Å². The van der Waals surface area contributed by atoms with E-state index >= 15 is 0 Å². The molecule has 1 unspecified atom stereocenters. The summed E-state index contributed by atoms with van der Waals surface area (Å²) in [6.07, 6.45) is 3.57. The van der Waals surface area contributed by atoms with Gasteiger partial charge in [0, 0.05) is 49.0 Å². The minimum absolute atomic E-state index is 0.0432. The Hall–Kier alpha value is -2.96. The van der Waals surface area contributed by atoms with Gasteiger partial charge in [-0.1, -0.05) is 30.3 Å². The average molecular weight is 409 g/mol. The SMILES string of the molecule is CC(=O)NC(C)CC(=O)N1CCC2(CCc3c2nc(-c2ccccc2)[nH]c3=O)CC1. The van der Waals surface area contributed by atoms with E-state index in [1.807, 2.05) is 42.2 Å². The molecule has 1 aliphatic carbocycles. The fourth-order valence-electron chi connectivity index (χ4n) is 4.84. The first-order chi connectivity index (χ1) is 14.4. The van der Waals surface area contributed by atoms with E-state index in [9.17, 15) is 14.4 Å². The van der Waals surface area contributed by atoms with Gasteiger partial charge in [-0.3, -0.25) is 14.4 Å². The third-order valence-electron chi connectivity index (χ3n) is 6.42. The van der Waals surface area contributed by atoms with Crippen LogP contribution in [-0.2, 0) is 21.4 Å². The Bertz CT molecular complexity index is 1010. The standard InChI is InChI=1S/C23H28N4O3/c1-15(24-16(2)28)14-19(29)27-12-10-23(11-13-27)9-8-18-20(23)25-21(26-22(18)30)17-6-4-3-5-7-17/h3-7,15H,8-14H2,1-2H3,(H,24,28)(H,25,26,30). The molecule has 2 heterocycles. The van der Waals surface area contributed by atoms with Gasteiger partial charge in [0.2, 0.25) is 11.8 Å². The number of likely N-dealkylation sites (tertiary alicyclic amines) is 1. The summed E-state index contributed by atoms with van der Waals surface area (Å²) >= 11 is 0. The van der Waals surface area contributed by atoms with Crippen LogP contribution in [0.3, 0.4) is 0 Å². The van der Waals surface area contributed by atoms with Crippen LogP contribution in [0.1, 0.15) is 50.8 Å². The molecule has 1 atom stereocenters. The van der Waals surface area contributed by atoms with Crippen LogP contribution >= 0.6 is 0 Å². The maximum atomic E-state index is 12.7. The quantitative estimate of drug-likeness (QED) is 0.810. The van der Waals surface area contributed by atoms with Crippen LogP contribution in [0.25, 0.3) is 11.4 Å². The van der Waals surface area contributed by atoms with Gasteiger partial charge in [0.25, 0.3) is 5.56 Å². The van der Waals surface area contributed by atoms with E-state index < -0.39 is 0 Å². The normalized spacial score (nSPS) is 18.1. The first-order valence-corrected chi connectivity index (χ1v) is 10.6. The van der Waals surface area contributed by atoms with E-state index in [1.54, 1.807) is 0 Å². The number of nitrogens with zero attached hydrogens (tertiary/aromatic N) is 2. The van der Waals surface area contributed by atoms with Crippen molar-refractivity contribution in [1.82, 2.24) is 20.2 Å². The molecule has 7 heteroatoms. The Kier molecular flexibility index (Phi) is 5.45. The fourth-order valence-corrected chi connectivity index (χ4v) is 4.84. The molecule has 2 amide bonds. The smallest absolute Gasteiger partial charge is 0.254 e. The summed E-state index contributed by atoms with van der Waals surface area (Å²) in [6.45, 7) is 4.61. The number of benzene rings is 1. The minimum atomic E-state index is -0.174. The maximum Gasteiger partial charge on any atom is 0.254 e. The third-order valence-corrected chi connectivity index (χ3v) is 6.42. The van der Waals surface area contributed by atoms with Gasteiger partial charge in [-0.15, -0.1) is 0 Å². The van der Waals surface area contributed by atoms with E-state index in [1.165, 1.54) is 6.92 Å². The molecule has 1 saturated heterocycles. The number of nitrogens with one attached hydrogen (secondary N) is 2. The van der Waals surface area contributed by atoms with Crippen molar-refractivity contribution in [3.8, 4) is 11.4 Å². The van der Waals surface area contributed by atoms with Crippen LogP contribution in [0.4, 0.5) is 0 Å². The second kappa shape index (κ2) is 8.05. The molecule has 2 aliphatic rings. The van der Waals surface area contributed by atoms with Crippen LogP contribution < -0.4 is 10.9 Å². The van der Waals surface area contributed by atoms with E-state index in [4.69, 9.17) is 4.98 Å². The number of hydrogen-bond acceptors (Lipinski definition) is 4. The van der Waals surface area contributed by atoms with E-state index in [0.29, 0.717) is 25.3 Å².